The fourth-order valence-corrected chi connectivity index (χ4v) is 4.22. The van der Waals surface area contributed by atoms with Gasteiger partial charge in [0.05, 0.1) is 0 Å². The summed E-state index contributed by atoms with van der Waals surface area (Å²) in [5.41, 5.74) is 4.15. The van der Waals surface area contributed by atoms with Gasteiger partial charge in [-0.25, -0.2) is 5.48 Å². The van der Waals surface area contributed by atoms with Gasteiger partial charge in [-0.1, -0.05) is 54.6 Å². The number of carbonyl (C=O) groups is 1. The summed E-state index contributed by atoms with van der Waals surface area (Å²) in [4.78, 5) is 16.5. The van der Waals surface area contributed by atoms with Gasteiger partial charge in [-0.2, -0.15) is 0 Å². The molecule has 3 aromatic carbocycles. The molecule has 35 heavy (non-hydrogen) atoms. The zero-order valence-corrected chi connectivity index (χ0v) is 20.2. The van der Waals surface area contributed by atoms with E-state index in [1.165, 1.54) is 0 Å². The van der Waals surface area contributed by atoms with Crippen molar-refractivity contribution in [2.45, 2.75) is 0 Å². The van der Waals surface area contributed by atoms with Crippen molar-refractivity contribution in [3.8, 4) is 5.75 Å². The first kappa shape index (κ1) is 24.9. The Balaban J connectivity index is 1.42. The minimum atomic E-state index is -0.523. The van der Waals surface area contributed by atoms with E-state index in [2.05, 4.69) is 46.4 Å². The Morgan fingerprint density at radius 1 is 1.00 bits per heavy atom. The Hall–Kier alpha value is -3.23. The van der Waals surface area contributed by atoms with Crippen molar-refractivity contribution in [2.24, 2.45) is 0 Å². The number of hydrogen-bond acceptors (Lipinski definition) is 6. The van der Waals surface area contributed by atoms with Gasteiger partial charge in [0.1, 0.15) is 12.4 Å². The summed E-state index contributed by atoms with van der Waals surface area (Å²) < 4.78 is 6.27. The van der Waals surface area contributed by atoms with Gasteiger partial charge in [-0.05, 0) is 41.8 Å². The molecule has 184 valence electrons. The third kappa shape index (κ3) is 7.13. The molecule has 3 aromatic rings. The lowest BCUT2D eigenvalue weighted by atomic mass is 10.1. The van der Waals surface area contributed by atoms with E-state index in [1.54, 1.807) is 17.6 Å². The molecule has 1 aliphatic rings. The van der Waals surface area contributed by atoms with Crippen LogP contribution in [0.5, 0.6) is 5.75 Å². The first-order valence-corrected chi connectivity index (χ1v) is 12.1. The van der Waals surface area contributed by atoms with Gasteiger partial charge in [0.25, 0.3) is 5.91 Å². The van der Waals surface area contributed by atoms with Crippen molar-refractivity contribution in [1.29, 1.82) is 0 Å². The molecule has 3 N–H and O–H groups in total. The monoisotopic (exact) mass is 474 g/mol. The molecular formula is C28H34N4O3. The van der Waals surface area contributed by atoms with E-state index in [0.717, 1.165) is 66.9 Å². The number of fused-ring (bicyclic) bond motifs is 1. The molecule has 0 unspecified atom stereocenters. The highest BCUT2D eigenvalue weighted by Crippen LogP contribution is 2.25. The standard InChI is InChI=1S/C28H34N4O3/c1-31-15-17-32(18-16-31)14-13-29-20-23(19-22-9-11-25(12-10-22)28(33)30-34)21-35-27-8-4-6-24-5-2-3-7-26(24)27/h2-12,19,29,34H,13-18,20-21H2,1H3,(H,30,33)/b23-19-. The molecule has 0 atom stereocenters. The van der Waals surface area contributed by atoms with Gasteiger partial charge in [0.15, 0.2) is 0 Å². The van der Waals surface area contributed by atoms with E-state index in [0.29, 0.717) is 18.7 Å². The highest BCUT2D eigenvalue weighted by atomic mass is 16.5. The van der Waals surface area contributed by atoms with Crippen LogP contribution in [0.3, 0.4) is 0 Å². The van der Waals surface area contributed by atoms with E-state index >= 15 is 0 Å². The molecule has 1 aliphatic heterocycles. The Labute approximate surface area is 206 Å². The quantitative estimate of drug-likeness (QED) is 0.238. The molecule has 0 saturated carbocycles. The molecule has 7 heteroatoms. The van der Waals surface area contributed by atoms with Crippen LogP contribution in [-0.2, 0) is 0 Å². The van der Waals surface area contributed by atoms with Crippen molar-refractivity contribution in [2.75, 3.05) is 59.5 Å². The SMILES string of the molecule is CN1CCN(CCNC/C(=C/c2ccc(C(=O)NO)cc2)COc2cccc3ccccc23)CC1. The molecule has 0 bridgehead atoms. The average Bonchev–Trinajstić information content (AvgIpc) is 2.90. The maximum absolute atomic E-state index is 11.6. The van der Waals surface area contributed by atoms with E-state index in [4.69, 9.17) is 9.94 Å². The molecule has 1 heterocycles. The summed E-state index contributed by atoms with van der Waals surface area (Å²) in [6, 6.07) is 21.4. The van der Waals surface area contributed by atoms with E-state index in [1.807, 2.05) is 36.4 Å². The number of nitrogens with one attached hydrogen (secondary N) is 2. The molecule has 1 saturated heterocycles. The number of likely N-dealkylation sites (N-methyl/N-ethyl adjacent to an activating group) is 1. The number of carbonyl (C=O) groups excluding carboxylic acids is 1. The van der Waals surface area contributed by atoms with Crippen molar-refractivity contribution < 1.29 is 14.7 Å². The maximum Gasteiger partial charge on any atom is 0.274 e. The minimum absolute atomic E-state index is 0.406. The Bertz CT molecular complexity index is 1130. The second-order valence-electron chi connectivity index (χ2n) is 8.95. The van der Waals surface area contributed by atoms with Gasteiger partial charge >= 0.3 is 0 Å². The Kier molecular flexibility index (Phi) is 8.86. The molecule has 0 aliphatic carbocycles. The van der Waals surface area contributed by atoms with E-state index in [9.17, 15) is 4.79 Å². The second kappa shape index (κ2) is 12.5. The van der Waals surface area contributed by atoms with Gasteiger partial charge < -0.3 is 15.0 Å². The number of benzene rings is 3. The van der Waals surface area contributed by atoms with Gasteiger partial charge in [-0.3, -0.25) is 14.9 Å². The number of hydroxylamine groups is 1. The summed E-state index contributed by atoms with van der Waals surface area (Å²) in [6.45, 7) is 7.55. The molecule has 4 rings (SSSR count). The highest BCUT2D eigenvalue weighted by molar-refractivity contribution is 5.93. The van der Waals surface area contributed by atoms with Gasteiger partial charge in [0.2, 0.25) is 0 Å². The van der Waals surface area contributed by atoms with Crippen LogP contribution in [-0.4, -0.2) is 80.4 Å². The third-order valence-corrected chi connectivity index (χ3v) is 6.36. The molecule has 0 radical (unpaired) electrons. The number of rotatable bonds is 10. The van der Waals surface area contributed by atoms with Crippen LogP contribution in [0, 0.1) is 0 Å². The lowest BCUT2D eigenvalue weighted by Gasteiger charge is -2.32. The van der Waals surface area contributed by atoms with Crippen LogP contribution in [0.2, 0.25) is 0 Å². The molecule has 7 nitrogen and oxygen atoms in total. The summed E-state index contributed by atoms with van der Waals surface area (Å²) in [6.07, 6.45) is 2.09. The molecule has 1 fully saturated rings. The number of piperazine rings is 1. The van der Waals surface area contributed by atoms with Gasteiger partial charge in [0, 0.05) is 56.8 Å². The van der Waals surface area contributed by atoms with Crippen LogP contribution in [0.4, 0.5) is 0 Å². The van der Waals surface area contributed by atoms with Crippen molar-refractivity contribution >= 4 is 22.8 Å². The number of amides is 1. The summed E-state index contributed by atoms with van der Waals surface area (Å²) in [7, 11) is 2.17. The lowest BCUT2D eigenvalue weighted by molar-refractivity contribution is 0.0706. The number of nitrogens with zero attached hydrogens (tertiary/aromatic N) is 2. The lowest BCUT2D eigenvalue weighted by Crippen LogP contribution is -2.46. The summed E-state index contributed by atoms with van der Waals surface area (Å²) >= 11 is 0. The van der Waals surface area contributed by atoms with Crippen LogP contribution in [0.15, 0.2) is 72.3 Å². The Morgan fingerprint density at radius 3 is 2.51 bits per heavy atom. The average molecular weight is 475 g/mol. The smallest absolute Gasteiger partial charge is 0.274 e. The topological polar surface area (TPSA) is 77.1 Å². The fraction of sp³-hybridized carbons (Fsp3) is 0.321. The largest absolute Gasteiger partial charge is 0.489 e. The maximum atomic E-state index is 11.6. The van der Waals surface area contributed by atoms with Crippen LogP contribution >= 0.6 is 0 Å². The predicted octanol–water partition coefficient (Wildman–Crippen LogP) is 3.26. The zero-order chi connectivity index (χ0) is 24.5. The molecular weight excluding hydrogens is 440 g/mol. The second-order valence-corrected chi connectivity index (χ2v) is 8.95. The summed E-state index contributed by atoms with van der Waals surface area (Å²) in [5, 5.41) is 14.7. The van der Waals surface area contributed by atoms with Crippen molar-refractivity contribution in [3.05, 3.63) is 83.4 Å². The van der Waals surface area contributed by atoms with Crippen molar-refractivity contribution in [1.82, 2.24) is 20.6 Å². The first-order valence-electron chi connectivity index (χ1n) is 12.1. The minimum Gasteiger partial charge on any atom is -0.489 e. The van der Waals surface area contributed by atoms with Crippen LogP contribution in [0.25, 0.3) is 16.8 Å². The van der Waals surface area contributed by atoms with E-state index in [-0.39, 0.29) is 0 Å². The third-order valence-electron chi connectivity index (χ3n) is 6.36. The highest BCUT2D eigenvalue weighted by Gasteiger charge is 2.13. The molecule has 0 spiro atoms. The zero-order valence-electron chi connectivity index (χ0n) is 20.2. The van der Waals surface area contributed by atoms with Crippen LogP contribution in [0.1, 0.15) is 15.9 Å². The van der Waals surface area contributed by atoms with Gasteiger partial charge in [-0.15, -0.1) is 0 Å². The van der Waals surface area contributed by atoms with Crippen LogP contribution < -0.4 is 15.5 Å². The molecule has 1 amide bonds. The summed E-state index contributed by atoms with van der Waals surface area (Å²) in [5.74, 6) is 0.340. The fourth-order valence-electron chi connectivity index (χ4n) is 4.22. The Morgan fingerprint density at radius 2 is 1.74 bits per heavy atom. The van der Waals surface area contributed by atoms with E-state index < -0.39 is 5.91 Å². The number of hydrogen-bond donors (Lipinski definition) is 3. The predicted molar refractivity (Wildman–Crippen MR) is 140 cm³/mol. The normalized spacial score (nSPS) is 15.3. The first-order chi connectivity index (χ1) is 17.1. The molecule has 0 aromatic heterocycles. The number of ether oxygens (including phenoxy) is 1. The van der Waals surface area contributed by atoms with Crippen molar-refractivity contribution in [3.63, 3.8) is 0 Å².